The Bertz CT molecular complexity index is 269. The summed E-state index contributed by atoms with van der Waals surface area (Å²) < 4.78 is 0. The molecule has 1 nitrogen and oxygen atoms in total. The van der Waals surface area contributed by atoms with Gasteiger partial charge >= 0.3 is 0 Å². The average Bonchev–Trinajstić information content (AvgIpc) is 2.43. The minimum Gasteiger partial charge on any atom is -0.281 e. The molecule has 0 amide bonds. The number of halogens is 1. The van der Waals surface area contributed by atoms with Crippen molar-refractivity contribution in [3.63, 3.8) is 0 Å². The fraction of sp³-hybridized carbons (Fsp3) is 0.722. The summed E-state index contributed by atoms with van der Waals surface area (Å²) in [4.78, 5) is 10.5. The predicted molar refractivity (Wildman–Crippen MR) is 90.2 cm³/mol. The third kappa shape index (κ3) is 17.4. The number of hydrogen-bond donors (Lipinski definition) is 0. The number of unbranched alkanes of at least 4 members (excludes halogenated alkanes) is 8. The Morgan fingerprint density at radius 3 is 1.95 bits per heavy atom. The lowest BCUT2D eigenvalue weighted by Crippen LogP contribution is -1.86. The van der Waals surface area contributed by atoms with Crippen molar-refractivity contribution in [2.45, 2.75) is 84.0 Å². The second-order valence-electron chi connectivity index (χ2n) is 5.34. The molecule has 2 heteroatoms. The molecule has 0 rings (SSSR count). The van der Waals surface area contributed by atoms with E-state index in [1.165, 1.54) is 51.4 Å². The van der Waals surface area contributed by atoms with Gasteiger partial charge in [-0.15, -0.1) is 0 Å². The molecule has 0 radical (unpaired) electrons. The Balaban J connectivity index is 3.17. The van der Waals surface area contributed by atoms with Gasteiger partial charge in [-0.2, -0.15) is 0 Å². The van der Waals surface area contributed by atoms with E-state index in [-0.39, 0.29) is 5.24 Å². The van der Waals surface area contributed by atoms with E-state index in [2.05, 4.69) is 31.2 Å². The van der Waals surface area contributed by atoms with Crippen molar-refractivity contribution in [1.82, 2.24) is 0 Å². The van der Waals surface area contributed by atoms with E-state index < -0.39 is 0 Å². The zero-order chi connectivity index (χ0) is 14.9. The molecular weight excluding hydrogens is 268 g/mol. The zero-order valence-corrected chi connectivity index (χ0v) is 13.8. The maximum Gasteiger partial charge on any atom is 0.221 e. The van der Waals surface area contributed by atoms with Crippen molar-refractivity contribution >= 4 is 16.8 Å². The summed E-state index contributed by atoms with van der Waals surface area (Å²) in [6, 6.07) is 0. The molecule has 0 saturated heterocycles. The molecule has 0 aromatic heterocycles. The maximum absolute atomic E-state index is 10.5. The van der Waals surface area contributed by atoms with Crippen LogP contribution in [0.2, 0.25) is 0 Å². The van der Waals surface area contributed by atoms with E-state index in [9.17, 15) is 4.79 Å². The molecule has 0 bridgehead atoms. The molecule has 0 atom stereocenters. The number of carbonyl (C=O) groups excluding carboxylic acids is 1. The highest BCUT2D eigenvalue weighted by atomic mass is 35.5. The monoisotopic (exact) mass is 298 g/mol. The molecule has 0 aliphatic rings. The Labute approximate surface area is 130 Å². The van der Waals surface area contributed by atoms with Crippen LogP contribution in [0.4, 0.5) is 0 Å². The van der Waals surface area contributed by atoms with Gasteiger partial charge in [-0.05, 0) is 50.1 Å². The second kappa shape index (κ2) is 16.5. The van der Waals surface area contributed by atoms with Gasteiger partial charge in [-0.1, -0.05) is 63.3 Å². The lowest BCUT2D eigenvalue weighted by atomic mass is 10.1. The van der Waals surface area contributed by atoms with Gasteiger partial charge in [-0.3, -0.25) is 4.79 Å². The summed E-state index contributed by atoms with van der Waals surface area (Å²) in [5, 5.41) is -0.198. The first-order valence-electron chi connectivity index (χ1n) is 8.25. The SMILES string of the molecule is CCCCCC=CCC=CCCCCCCCC(=O)Cl. The van der Waals surface area contributed by atoms with E-state index in [4.69, 9.17) is 11.6 Å². The Kier molecular flexibility index (Phi) is 16.0. The number of rotatable bonds is 14. The minimum atomic E-state index is -0.198. The van der Waals surface area contributed by atoms with Crippen LogP contribution in [-0.4, -0.2) is 5.24 Å². The third-order valence-corrected chi connectivity index (χ3v) is 3.51. The van der Waals surface area contributed by atoms with Crippen LogP contribution in [0.15, 0.2) is 24.3 Å². The van der Waals surface area contributed by atoms with Gasteiger partial charge in [-0.25, -0.2) is 0 Å². The van der Waals surface area contributed by atoms with Crippen LogP contribution in [0.5, 0.6) is 0 Å². The highest BCUT2D eigenvalue weighted by molar-refractivity contribution is 6.63. The molecule has 0 aromatic carbocycles. The second-order valence-corrected chi connectivity index (χ2v) is 5.76. The molecule has 0 aliphatic carbocycles. The summed E-state index contributed by atoms with van der Waals surface area (Å²) in [6.45, 7) is 2.24. The first-order chi connectivity index (χ1) is 9.77. The summed E-state index contributed by atoms with van der Waals surface area (Å²) in [5.41, 5.74) is 0. The van der Waals surface area contributed by atoms with Crippen LogP contribution in [0.1, 0.15) is 84.0 Å². The van der Waals surface area contributed by atoms with Crippen LogP contribution in [0, 0.1) is 0 Å². The van der Waals surface area contributed by atoms with Gasteiger partial charge in [0.1, 0.15) is 0 Å². The Morgan fingerprint density at radius 1 is 0.800 bits per heavy atom. The fourth-order valence-corrected chi connectivity index (χ4v) is 2.21. The fourth-order valence-electron chi connectivity index (χ4n) is 2.08. The van der Waals surface area contributed by atoms with Crippen molar-refractivity contribution < 1.29 is 4.79 Å². The first kappa shape index (κ1) is 19.4. The molecule has 0 saturated carbocycles. The van der Waals surface area contributed by atoms with E-state index in [0.717, 1.165) is 19.3 Å². The lowest BCUT2D eigenvalue weighted by molar-refractivity contribution is -0.111. The highest BCUT2D eigenvalue weighted by Gasteiger charge is 1.95. The van der Waals surface area contributed by atoms with Gasteiger partial charge in [0.25, 0.3) is 0 Å². The topological polar surface area (TPSA) is 17.1 Å². The molecular formula is C18H31ClO. The summed E-state index contributed by atoms with van der Waals surface area (Å²) in [5.74, 6) is 0. The van der Waals surface area contributed by atoms with Crippen LogP contribution in [0.25, 0.3) is 0 Å². The number of allylic oxidation sites excluding steroid dienone is 4. The average molecular weight is 299 g/mol. The lowest BCUT2D eigenvalue weighted by Gasteiger charge is -1.98. The molecule has 0 fully saturated rings. The van der Waals surface area contributed by atoms with E-state index in [0.29, 0.717) is 6.42 Å². The van der Waals surface area contributed by atoms with E-state index >= 15 is 0 Å². The van der Waals surface area contributed by atoms with Gasteiger partial charge in [0.15, 0.2) is 0 Å². The quantitative estimate of drug-likeness (QED) is 0.201. The highest BCUT2D eigenvalue weighted by Crippen LogP contribution is 2.08. The molecule has 0 N–H and O–H groups in total. The molecule has 0 unspecified atom stereocenters. The van der Waals surface area contributed by atoms with Crippen LogP contribution in [0.3, 0.4) is 0 Å². The van der Waals surface area contributed by atoms with Gasteiger partial charge in [0.2, 0.25) is 5.24 Å². The van der Waals surface area contributed by atoms with Gasteiger partial charge in [0, 0.05) is 6.42 Å². The van der Waals surface area contributed by atoms with Crippen LogP contribution in [-0.2, 0) is 4.79 Å². The molecule has 0 spiro atoms. The number of carbonyl (C=O) groups is 1. The maximum atomic E-state index is 10.5. The predicted octanol–water partition coefficient (Wildman–Crippen LogP) is 6.57. The molecule has 0 heterocycles. The molecule has 0 aromatic rings. The largest absolute Gasteiger partial charge is 0.281 e. The van der Waals surface area contributed by atoms with E-state index in [1.807, 2.05) is 0 Å². The summed E-state index contributed by atoms with van der Waals surface area (Å²) in [6.07, 6.45) is 22.9. The molecule has 116 valence electrons. The van der Waals surface area contributed by atoms with Crippen molar-refractivity contribution in [2.24, 2.45) is 0 Å². The van der Waals surface area contributed by atoms with Crippen molar-refractivity contribution in [3.8, 4) is 0 Å². The normalized spacial score (nSPS) is 11.7. The zero-order valence-electron chi connectivity index (χ0n) is 13.1. The van der Waals surface area contributed by atoms with Crippen molar-refractivity contribution in [1.29, 1.82) is 0 Å². The minimum absolute atomic E-state index is 0.198. The Hall–Kier alpha value is -0.560. The van der Waals surface area contributed by atoms with Gasteiger partial charge < -0.3 is 0 Å². The molecule has 20 heavy (non-hydrogen) atoms. The summed E-state index contributed by atoms with van der Waals surface area (Å²) in [7, 11) is 0. The first-order valence-corrected chi connectivity index (χ1v) is 8.63. The van der Waals surface area contributed by atoms with Crippen LogP contribution >= 0.6 is 11.6 Å². The standard InChI is InChI=1S/C18H31ClO/c1-2-3-4-5-6-7-8-9-10-11-12-13-14-15-16-17-18(19)20/h6-7,9-10H,2-5,8,11-17H2,1H3. The van der Waals surface area contributed by atoms with Gasteiger partial charge in [0.05, 0.1) is 0 Å². The van der Waals surface area contributed by atoms with Crippen molar-refractivity contribution in [3.05, 3.63) is 24.3 Å². The van der Waals surface area contributed by atoms with E-state index in [1.54, 1.807) is 0 Å². The summed E-state index contributed by atoms with van der Waals surface area (Å²) >= 11 is 5.28. The Morgan fingerprint density at radius 2 is 1.35 bits per heavy atom. The molecule has 0 aliphatic heterocycles. The third-order valence-electron chi connectivity index (χ3n) is 3.32. The van der Waals surface area contributed by atoms with Crippen molar-refractivity contribution in [2.75, 3.05) is 0 Å². The van der Waals surface area contributed by atoms with Crippen LogP contribution < -0.4 is 0 Å². The smallest absolute Gasteiger partial charge is 0.221 e. The number of hydrogen-bond acceptors (Lipinski definition) is 1.